The van der Waals surface area contributed by atoms with Gasteiger partial charge in [-0.15, -0.1) is 0 Å². The molecule has 1 saturated carbocycles. The van der Waals surface area contributed by atoms with Crippen LogP contribution in [0.3, 0.4) is 0 Å². The second kappa shape index (κ2) is 6.93. The first-order valence-electron chi connectivity index (χ1n) is 8.39. The number of aryl methyl sites for hydroxylation is 1. The molecule has 4 heteroatoms. The van der Waals surface area contributed by atoms with E-state index in [1.54, 1.807) is 0 Å². The summed E-state index contributed by atoms with van der Waals surface area (Å²) in [7, 11) is 6.50. The second-order valence-electron chi connectivity index (χ2n) is 7.03. The maximum absolute atomic E-state index is 4.41. The van der Waals surface area contributed by atoms with Crippen molar-refractivity contribution in [3.63, 3.8) is 0 Å². The first-order valence-corrected chi connectivity index (χ1v) is 8.39. The highest BCUT2D eigenvalue weighted by atomic mass is 15.3. The Labute approximate surface area is 129 Å². The lowest BCUT2D eigenvalue weighted by Crippen LogP contribution is -2.56. The minimum Gasteiger partial charge on any atom is -0.308 e. The Bertz CT molecular complexity index is 440. The number of hydrogen-bond donors (Lipinski definition) is 1. The molecule has 3 atom stereocenters. The zero-order valence-corrected chi connectivity index (χ0v) is 14.4. The Hall–Kier alpha value is -0.870. The third-order valence-corrected chi connectivity index (χ3v) is 5.09. The summed E-state index contributed by atoms with van der Waals surface area (Å²) in [6, 6.07) is 0.365. The van der Waals surface area contributed by atoms with Crippen molar-refractivity contribution < 1.29 is 0 Å². The third kappa shape index (κ3) is 3.49. The Morgan fingerprint density at radius 2 is 2.29 bits per heavy atom. The van der Waals surface area contributed by atoms with Gasteiger partial charge in [-0.3, -0.25) is 4.68 Å². The van der Waals surface area contributed by atoms with Crippen molar-refractivity contribution in [3.05, 3.63) is 18.0 Å². The van der Waals surface area contributed by atoms with Crippen LogP contribution in [-0.2, 0) is 7.05 Å². The van der Waals surface area contributed by atoms with E-state index < -0.39 is 0 Å². The fourth-order valence-corrected chi connectivity index (χ4v) is 3.99. The molecule has 0 bridgehead atoms. The summed E-state index contributed by atoms with van der Waals surface area (Å²) in [5.74, 6) is 0.795. The van der Waals surface area contributed by atoms with Crippen LogP contribution in [0.2, 0.25) is 0 Å². The maximum atomic E-state index is 4.41. The monoisotopic (exact) mass is 292 g/mol. The summed E-state index contributed by atoms with van der Waals surface area (Å²) in [6.07, 6.45) is 10.6. The van der Waals surface area contributed by atoms with E-state index in [2.05, 4.69) is 49.5 Å². The van der Waals surface area contributed by atoms with E-state index in [1.165, 1.54) is 31.2 Å². The summed E-state index contributed by atoms with van der Waals surface area (Å²) in [6.45, 7) is 5.69. The number of nitrogens with one attached hydrogen (secondary N) is 1. The molecule has 1 heterocycles. The Kier molecular flexibility index (Phi) is 5.44. The van der Waals surface area contributed by atoms with Crippen molar-refractivity contribution in [1.29, 1.82) is 0 Å². The van der Waals surface area contributed by atoms with Crippen LogP contribution >= 0.6 is 0 Å². The summed E-state index contributed by atoms with van der Waals surface area (Å²) in [5.41, 5.74) is 1.53. The average Bonchev–Trinajstić information content (AvgIpc) is 2.85. The van der Waals surface area contributed by atoms with Crippen LogP contribution in [0.4, 0.5) is 0 Å². The fourth-order valence-electron chi connectivity index (χ4n) is 3.99. The molecule has 0 aromatic carbocycles. The van der Waals surface area contributed by atoms with Crippen LogP contribution in [0.15, 0.2) is 12.4 Å². The molecule has 1 aromatic heterocycles. The molecule has 21 heavy (non-hydrogen) atoms. The van der Waals surface area contributed by atoms with E-state index in [4.69, 9.17) is 0 Å². The SMILES string of the molecule is CCCNC(c1cnn(C)c1)C1(N(C)C)CCCC(C)C1. The second-order valence-corrected chi connectivity index (χ2v) is 7.03. The van der Waals surface area contributed by atoms with E-state index in [0.717, 1.165) is 18.9 Å². The van der Waals surface area contributed by atoms with Crippen LogP contribution in [0.25, 0.3) is 0 Å². The van der Waals surface area contributed by atoms with Gasteiger partial charge in [-0.1, -0.05) is 26.7 Å². The summed E-state index contributed by atoms with van der Waals surface area (Å²) in [4.78, 5) is 2.46. The van der Waals surface area contributed by atoms with Crippen molar-refractivity contribution >= 4 is 0 Å². The molecule has 2 rings (SSSR count). The zero-order valence-electron chi connectivity index (χ0n) is 14.4. The van der Waals surface area contributed by atoms with Crippen LogP contribution < -0.4 is 5.32 Å². The van der Waals surface area contributed by atoms with Gasteiger partial charge in [-0.2, -0.15) is 5.10 Å². The van der Waals surface area contributed by atoms with Crippen molar-refractivity contribution in [2.24, 2.45) is 13.0 Å². The zero-order chi connectivity index (χ0) is 15.5. The van der Waals surface area contributed by atoms with Gasteiger partial charge < -0.3 is 10.2 Å². The van der Waals surface area contributed by atoms with Crippen molar-refractivity contribution in [2.75, 3.05) is 20.6 Å². The molecule has 0 spiro atoms. The van der Waals surface area contributed by atoms with Crippen LogP contribution in [0.5, 0.6) is 0 Å². The molecule has 1 N–H and O–H groups in total. The van der Waals surface area contributed by atoms with Crippen LogP contribution in [0, 0.1) is 5.92 Å². The summed E-state index contributed by atoms with van der Waals surface area (Å²) >= 11 is 0. The molecule has 1 aliphatic carbocycles. The highest BCUT2D eigenvalue weighted by molar-refractivity contribution is 5.19. The Morgan fingerprint density at radius 3 is 2.81 bits per heavy atom. The van der Waals surface area contributed by atoms with Gasteiger partial charge in [0, 0.05) is 24.3 Å². The van der Waals surface area contributed by atoms with E-state index >= 15 is 0 Å². The largest absolute Gasteiger partial charge is 0.308 e. The van der Waals surface area contributed by atoms with Crippen LogP contribution in [-0.4, -0.2) is 40.9 Å². The maximum Gasteiger partial charge on any atom is 0.0538 e. The van der Waals surface area contributed by atoms with Crippen molar-refractivity contribution in [1.82, 2.24) is 20.0 Å². The number of nitrogens with zero attached hydrogens (tertiary/aromatic N) is 3. The highest BCUT2D eigenvalue weighted by Gasteiger charge is 2.44. The topological polar surface area (TPSA) is 33.1 Å². The van der Waals surface area contributed by atoms with Crippen LogP contribution in [0.1, 0.15) is 57.6 Å². The molecule has 0 amide bonds. The average molecular weight is 292 g/mol. The molecule has 1 aliphatic rings. The standard InChI is InChI=1S/C17H32N4/c1-6-10-18-16(15-12-19-21(5)13-15)17(20(3)4)9-7-8-14(2)11-17/h12-14,16,18H,6-11H2,1-5H3. The molecule has 0 saturated heterocycles. The highest BCUT2D eigenvalue weighted by Crippen LogP contribution is 2.44. The molecule has 1 fully saturated rings. The first kappa shape index (κ1) is 16.5. The lowest BCUT2D eigenvalue weighted by molar-refractivity contribution is 0.0367. The Balaban J connectivity index is 2.35. The quantitative estimate of drug-likeness (QED) is 0.875. The normalized spacial score (nSPS) is 28.0. The number of hydrogen-bond acceptors (Lipinski definition) is 3. The van der Waals surface area contributed by atoms with Gasteiger partial charge in [0.25, 0.3) is 0 Å². The van der Waals surface area contributed by atoms with E-state index in [9.17, 15) is 0 Å². The predicted molar refractivity (Wildman–Crippen MR) is 88.3 cm³/mol. The van der Waals surface area contributed by atoms with Gasteiger partial charge in [-0.05, 0) is 45.8 Å². The molecule has 1 aromatic rings. The number of aromatic nitrogens is 2. The minimum absolute atomic E-state index is 0.204. The van der Waals surface area contributed by atoms with Gasteiger partial charge in [-0.25, -0.2) is 0 Å². The number of rotatable bonds is 6. The van der Waals surface area contributed by atoms with Gasteiger partial charge in [0.15, 0.2) is 0 Å². The van der Waals surface area contributed by atoms with Gasteiger partial charge >= 0.3 is 0 Å². The summed E-state index contributed by atoms with van der Waals surface area (Å²) < 4.78 is 1.92. The van der Waals surface area contributed by atoms with Gasteiger partial charge in [0.05, 0.1) is 12.2 Å². The summed E-state index contributed by atoms with van der Waals surface area (Å²) in [5, 5.41) is 8.22. The molecule has 0 radical (unpaired) electrons. The third-order valence-electron chi connectivity index (χ3n) is 5.09. The molecule has 0 aliphatic heterocycles. The molecule has 120 valence electrons. The fraction of sp³-hybridized carbons (Fsp3) is 0.824. The predicted octanol–water partition coefficient (Wildman–Crippen LogP) is 2.97. The molecule has 3 unspecified atom stereocenters. The Morgan fingerprint density at radius 1 is 1.52 bits per heavy atom. The number of likely N-dealkylation sites (N-methyl/N-ethyl adjacent to an activating group) is 1. The van der Waals surface area contributed by atoms with Gasteiger partial charge in [0.2, 0.25) is 0 Å². The molecular weight excluding hydrogens is 260 g/mol. The van der Waals surface area contributed by atoms with Gasteiger partial charge in [0.1, 0.15) is 0 Å². The van der Waals surface area contributed by atoms with Crippen molar-refractivity contribution in [2.45, 2.75) is 57.5 Å². The minimum atomic E-state index is 0.204. The lowest BCUT2D eigenvalue weighted by Gasteiger charge is -2.50. The molecular formula is C17H32N4. The van der Waals surface area contributed by atoms with E-state index in [1.807, 2.05) is 17.9 Å². The lowest BCUT2D eigenvalue weighted by atomic mass is 9.70. The molecule has 4 nitrogen and oxygen atoms in total. The first-order chi connectivity index (χ1) is 9.99. The van der Waals surface area contributed by atoms with Crippen molar-refractivity contribution in [3.8, 4) is 0 Å². The van der Waals surface area contributed by atoms with E-state index in [-0.39, 0.29) is 5.54 Å². The smallest absolute Gasteiger partial charge is 0.0538 e. The van der Waals surface area contributed by atoms with E-state index in [0.29, 0.717) is 6.04 Å².